The fourth-order valence-corrected chi connectivity index (χ4v) is 2.70. The van der Waals surface area contributed by atoms with E-state index in [2.05, 4.69) is 10.4 Å². The van der Waals surface area contributed by atoms with Crippen molar-refractivity contribution in [3.05, 3.63) is 11.3 Å². The molecule has 20 heavy (non-hydrogen) atoms. The Balaban J connectivity index is 2.32. The number of methoxy groups -OCH3 is 1. The first-order chi connectivity index (χ1) is 9.54. The van der Waals surface area contributed by atoms with E-state index < -0.39 is 5.97 Å². The molecule has 0 aromatic carbocycles. The van der Waals surface area contributed by atoms with Gasteiger partial charge in [-0.25, -0.2) is 9.48 Å². The molecule has 0 saturated heterocycles. The van der Waals surface area contributed by atoms with Crippen molar-refractivity contribution in [1.29, 1.82) is 0 Å². The molecular weight excluding hydrogens is 258 g/mol. The third kappa shape index (κ3) is 2.84. The van der Waals surface area contributed by atoms with Gasteiger partial charge in [-0.15, -0.1) is 5.10 Å². The van der Waals surface area contributed by atoms with Gasteiger partial charge in [0, 0.05) is 13.0 Å². The lowest BCUT2D eigenvalue weighted by Crippen LogP contribution is -2.23. The van der Waals surface area contributed by atoms with Crippen molar-refractivity contribution >= 4 is 17.7 Å². The highest BCUT2D eigenvalue weighted by Crippen LogP contribution is 2.25. The quantitative estimate of drug-likeness (QED) is 0.860. The van der Waals surface area contributed by atoms with E-state index >= 15 is 0 Å². The van der Waals surface area contributed by atoms with Crippen LogP contribution in [0.5, 0.6) is 0 Å². The van der Waals surface area contributed by atoms with E-state index in [0.717, 1.165) is 12.8 Å². The van der Waals surface area contributed by atoms with Gasteiger partial charge >= 0.3 is 5.97 Å². The molecule has 6 heteroatoms. The molecule has 1 aromatic heterocycles. The summed E-state index contributed by atoms with van der Waals surface area (Å²) >= 11 is 0. The maximum Gasteiger partial charge on any atom is 0.343 e. The smallest absolute Gasteiger partial charge is 0.343 e. The van der Waals surface area contributed by atoms with Crippen LogP contribution in [0.3, 0.4) is 0 Å². The van der Waals surface area contributed by atoms with Gasteiger partial charge in [0.15, 0.2) is 5.82 Å². The van der Waals surface area contributed by atoms with E-state index in [1.54, 1.807) is 6.92 Å². The SMILES string of the molecule is COC(=O)c1c(NC2CCCCC2)nn(C(C)=O)c1C. The lowest BCUT2D eigenvalue weighted by Gasteiger charge is -2.22. The van der Waals surface area contributed by atoms with Crippen LogP contribution in [0.1, 0.15) is 59.9 Å². The Morgan fingerprint density at radius 1 is 1.30 bits per heavy atom. The van der Waals surface area contributed by atoms with Crippen molar-refractivity contribution < 1.29 is 14.3 Å². The predicted molar refractivity (Wildman–Crippen MR) is 75.1 cm³/mol. The summed E-state index contributed by atoms with van der Waals surface area (Å²) in [6, 6.07) is 0.307. The van der Waals surface area contributed by atoms with E-state index in [1.165, 1.54) is 38.0 Å². The molecule has 2 rings (SSSR count). The molecule has 0 bridgehead atoms. The maximum atomic E-state index is 11.9. The molecule has 0 spiro atoms. The molecule has 1 aromatic rings. The Bertz CT molecular complexity index is 516. The topological polar surface area (TPSA) is 73.2 Å². The Kier molecular flexibility index (Phi) is 4.42. The molecule has 1 fully saturated rings. The molecule has 6 nitrogen and oxygen atoms in total. The number of nitrogens with one attached hydrogen (secondary N) is 1. The molecule has 1 heterocycles. The second-order valence-electron chi connectivity index (χ2n) is 5.21. The lowest BCUT2D eigenvalue weighted by atomic mass is 9.95. The van der Waals surface area contributed by atoms with E-state index in [0.29, 0.717) is 23.1 Å². The summed E-state index contributed by atoms with van der Waals surface area (Å²) in [7, 11) is 1.33. The van der Waals surface area contributed by atoms with Crippen LogP contribution in [-0.2, 0) is 4.74 Å². The monoisotopic (exact) mass is 279 g/mol. The second kappa shape index (κ2) is 6.07. The zero-order valence-corrected chi connectivity index (χ0v) is 12.2. The van der Waals surface area contributed by atoms with E-state index in [9.17, 15) is 9.59 Å². The fraction of sp³-hybridized carbons (Fsp3) is 0.643. The largest absolute Gasteiger partial charge is 0.465 e. The molecule has 0 amide bonds. The molecule has 1 aliphatic rings. The van der Waals surface area contributed by atoms with Crippen LogP contribution < -0.4 is 5.32 Å². The lowest BCUT2D eigenvalue weighted by molar-refractivity contribution is 0.0601. The standard InChI is InChI=1S/C14H21N3O3/c1-9-12(14(19)20-3)13(16-17(9)10(2)18)15-11-7-5-4-6-8-11/h11H,4-8H2,1-3H3,(H,15,16). The summed E-state index contributed by atoms with van der Waals surface area (Å²) in [6.07, 6.45) is 5.73. The molecule has 1 N–H and O–H groups in total. The van der Waals surface area contributed by atoms with Gasteiger partial charge in [-0.3, -0.25) is 4.79 Å². The van der Waals surface area contributed by atoms with Gasteiger partial charge in [0.05, 0.1) is 12.8 Å². The van der Waals surface area contributed by atoms with Crippen LogP contribution in [0.4, 0.5) is 5.82 Å². The molecular formula is C14H21N3O3. The number of ether oxygens (including phenoxy) is 1. The van der Waals surface area contributed by atoms with E-state index in [-0.39, 0.29) is 5.91 Å². The third-order valence-corrected chi connectivity index (χ3v) is 3.75. The molecule has 0 aliphatic heterocycles. The molecule has 1 saturated carbocycles. The minimum atomic E-state index is -0.465. The van der Waals surface area contributed by atoms with E-state index in [1.807, 2.05) is 0 Å². The summed E-state index contributed by atoms with van der Waals surface area (Å²) in [4.78, 5) is 23.5. The van der Waals surface area contributed by atoms with Gasteiger partial charge < -0.3 is 10.1 Å². The number of carbonyl (C=O) groups is 2. The van der Waals surface area contributed by atoms with Gasteiger partial charge in [-0.05, 0) is 19.8 Å². The zero-order valence-electron chi connectivity index (χ0n) is 12.2. The normalized spacial score (nSPS) is 15.9. The van der Waals surface area contributed by atoms with Crippen LogP contribution in [0, 0.1) is 6.92 Å². The zero-order chi connectivity index (χ0) is 14.7. The Hall–Kier alpha value is -1.85. The van der Waals surface area contributed by atoms with Gasteiger partial charge in [0.25, 0.3) is 0 Å². The van der Waals surface area contributed by atoms with Crippen LogP contribution in [0.25, 0.3) is 0 Å². The maximum absolute atomic E-state index is 11.9. The number of hydrogen-bond acceptors (Lipinski definition) is 5. The minimum absolute atomic E-state index is 0.218. The van der Waals surface area contributed by atoms with Crippen molar-refractivity contribution in [2.75, 3.05) is 12.4 Å². The number of hydrogen-bond donors (Lipinski definition) is 1. The van der Waals surface area contributed by atoms with Crippen molar-refractivity contribution in [3.8, 4) is 0 Å². The molecule has 0 unspecified atom stereocenters. The molecule has 0 atom stereocenters. The molecule has 0 radical (unpaired) electrons. The first kappa shape index (κ1) is 14.6. The number of carbonyl (C=O) groups excluding carboxylic acids is 2. The average molecular weight is 279 g/mol. The van der Waals surface area contributed by atoms with Gasteiger partial charge in [-0.1, -0.05) is 19.3 Å². The Labute approximate surface area is 118 Å². The highest BCUT2D eigenvalue weighted by Gasteiger charge is 2.25. The van der Waals surface area contributed by atoms with Crippen molar-refractivity contribution in [2.24, 2.45) is 0 Å². The highest BCUT2D eigenvalue weighted by atomic mass is 16.5. The Morgan fingerprint density at radius 2 is 1.95 bits per heavy atom. The van der Waals surface area contributed by atoms with Crippen LogP contribution >= 0.6 is 0 Å². The van der Waals surface area contributed by atoms with E-state index in [4.69, 9.17) is 4.74 Å². The van der Waals surface area contributed by atoms with Crippen molar-refractivity contribution in [1.82, 2.24) is 9.78 Å². The summed E-state index contributed by atoms with van der Waals surface area (Å²) in [5, 5.41) is 7.52. The van der Waals surface area contributed by atoms with Gasteiger partial charge in [0.2, 0.25) is 5.91 Å². The summed E-state index contributed by atoms with van der Waals surface area (Å²) in [5.74, 6) is -0.228. The molecule has 110 valence electrons. The number of aromatic nitrogens is 2. The number of rotatable bonds is 3. The first-order valence-electron chi connectivity index (χ1n) is 7.00. The number of nitrogens with zero attached hydrogens (tertiary/aromatic N) is 2. The highest BCUT2D eigenvalue weighted by molar-refractivity contribution is 5.97. The summed E-state index contributed by atoms with van der Waals surface area (Å²) < 4.78 is 6.04. The average Bonchev–Trinajstić information content (AvgIpc) is 2.76. The summed E-state index contributed by atoms with van der Waals surface area (Å²) in [6.45, 7) is 3.12. The third-order valence-electron chi connectivity index (χ3n) is 3.75. The number of anilines is 1. The fourth-order valence-electron chi connectivity index (χ4n) is 2.70. The molecule has 1 aliphatic carbocycles. The Morgan fingerprint density at radius 3 is 2.50 bits per heavy atom. The predicted octanol–water partition coefficient (Wildman–Crippen LogP) is 2.38. The van der Waals surface area contributed by atoms with Crippen molar-refractivity contribution in [2.45, 2.75) is 52.0 Å². The summed E-state index contributed by atoms with van der Waals surface area (Å²) in [5.41, 5.74) is 0.871. The second-order valence-corrected chi connectivity index (χ2v) is 5.21. The van der Waals surface area contributed by atoms with Gasteiger partial charge in [0.1, 0.15) is 5.56 Å². The van der Waals surface area contributed by atoms with Crippen LogP contribution in [0.2, 0.25) is 0 Å². The van der Waals surface area contributed by atoms with Crippen LogP contribution in [-0.4, -0.2) is 34.8 Å². The minimum Gasteiger partial charge on any atom is -0.465 e. The van der Waals surface area contributed by atoms with Gasteiger partial charge in [-0.2, -0.15) is 0 Å². The van der Waals surface area contributed by atoms with Crippen molar-refractivity contribution in [3.63, 3.8) is 0 Å². The number of esters is 1. The first-order valence-corrected chi connectivity index (χ1v) is 7.00. The van der Waals surface area contributed by atoms with Crippen LogP contribution in [0.15, 0.2) is 0 Å².